The second-order valence-electron chi connectivity index (χ2n) is 3.61. The molecule has 1 rings (SSSR count). The Morgan fingerprint density at radius 2 is 2.22 bits per heavy atom. The molecule has 0 amide bonds. The molecule has 0 aliphatic rings. The summed E-state index contributed by atoms with van der Waals surface area (Å²) >= 11 is 3.50. The van der Waals surface area contributed by atoms with Crippen molar-refractivity contribution >= 4 is 15.9 Å². The fourth-order valence-corrected chi connectivity index (χ4v) is 1.95. The van der Waals surface area contributed by atoms with Crippen molar-refractivity contribution in [2.45, 2.75) is 13.5 Å². The summed E-state index contributed by atoms with van der Waals surface area (Å²) in [6.07, 6.45) is 0. The van der Waals surface area contributed by atoms with E-state index in [2.05, 4.69) is 33.1 Å². The Morgan fingerprint density at radius 3 is 2.94 bits per heavy atom. The van der Waals surface area contributed by atoms with Crippen LogP contribution in [0.15, 0.2) is 22.7 Å². The van der Waals surface area contributed by atoms with E-state index in [9.17, 15) is 0 Å². The van der Waals surface area contributed by atoms with Crippen molar-refractivity contribution in [2.75, 3.05) is 26.9 Å². The van der Waals surface area contributed by atoms with Gasteiger partial charge in [-0.2, -0.15) is 0 Å². The number of ether oxygens (including phenoxy) is 2. The van der Waals surface area contributed by atoms with Crippen molar-refractivity contribution in [2.24, 2.45) is 0 Å². The zero-order chi connectivity index (χ0) is 13.2. The molecular formula is C14H18BrNO2. The van der Waals surface area contributed by atoms with Gasteiger partial charge in [-0.05, 0) is 28.9 Å². The van der Waals surface area contributed by atoms with E-state index in [4.69, 9.17) is 9.47 Å². The summed E-state index contributed by atoms with van der Waals surface area (Å²) in [5, 5.41) is 3.30. The molecule has 0 radical (unpaired) electrons. The molecule has 0 aromatic heterocycles. The second kappa shape index (κ2) is 8.98. The molecule has 4 heteroatoms. The van der Waals surface area contributed by atoms with E-state index < -0.39 is 0 Å². The Labute approximate surface area is 117 Å². The molecule has 1 N–H and O–H groups in total. The summed E-state index contributed by atoms with van der Waals surface area (Å²) in [7, 11) is 1.69. The monoisotopic (exact) mass is 311 g/mol. The van der Waals surface area contributed by atoms with Crippen LogP contribution in [0.1, 0.15) is 12.5 Å². The first kappa shape index (κ1) is 15.0. The standard InChI is InChI=1S/C14H18BrNO2/c1-3-4-9-18-14-12(6-5-7-13(14)15)11-16-8-10-17-2/h5-7,16H,8-11H2,1-2H3. The van der Waals surface area contributed by atoms with Crippen molar-refractivity contribution in [1.29, 1.82) is 0 Å². The van der Waals surface area contributed by atoms with Crippen LogP contribution in [0.4, 0.5) is 0 Å². The highest BCUT2D eigenvalue weighted by molar-refractivity contribution is 9.10. The predicted octanol–water partition coefficient (Wildman–Crippen LogP) is 2.59. The van der Waals surface area contributed by atoms with Gasteiger partial charge < -0.3 is 14.8 Å². The van der Waals surface area contributed by atoms with Crippen LogP contribution in [0.2, 0.25) is 0 Å². The molecule has 18 heavy (non-hydrogen) atoms. The fourth-order valence-electron chi connectivity index (χ4n) is 1.43. The third-order valence-corrected chi connectivity index (χ3v) is 2.94. The summed E-state index contributed by atoms with van der Waals surface area (Å²) in [6, 6.07) is 6.00. The third kappa shape index (κ3) is 5.09. The van der Waals surface area contributed by atoms with Crippen LogP contribution in [-0.2, 0) is 11.3 Å². The molecular weight excluding hydrogens is 294 g/mol. The molecule has 0 atom stereocenters. The summed E-state index contributed by atoms with van der Waals surface area (Å²) in [4.78, 5) is 0. The lowest BCUT2D eigenvalue weighted by atomic mass is 10.2. The molecule has 3 nitrogen and oxygen atoms in total. The van der Waals surface area contributed by atoms with Gasteiger partial charge in [0.2, 0.25) is 0 Å². The van der Waals surface area contributed by atoms with Gasteiger partial charge in [0, 0.05) is 25.8 Å². The minimum absolute atomic E-state index is 0.407. The van der Waals surface area contributed by atoms with E-state index in [1.54, 1.807) is 14.0 Å². The van der Waals surface area contributed by atoms with Crippen LogP contribution in [-0.4, -0.2) is 26.9 Å². The molecule has 1 aromatic carbocycles. The highest BCUT2D eigenvalue weighted by atomic mass is 79.9. The van der Waals surface area contributed by atoms with Gasteiger partial charge in [-0.3, -0.25) is 0 Å². The topological polar surface area (TPSA) is 30.5 Å². The van der Waals surface area contributed by atoms with Gasteiger partial charge in [-0.15, -0.1) is 5.92 Å². The lowest BCUT2D eigenvalue weighted by Gasteiger charge is -2.12. The van der Waals surface area contributed by atoms with E-state index in [1.165, 1.54) is 0 Å². The maximum Gasteiger partial charge on any atom is 0.149 e. The number of methoxy groups -OCH3 is 1. The van der Waals surface area contributed by atoms with Crippen LogP contribution in [0.3, 0.4) is 0 Å². The van der Waals surface area contributed by atoms with Gasteiger partial charge in [-0.25, -0.2) is 0 Å². The Bertz CT molecular complexity index is 424. The first-order chi connectivity index (χ1) is 8.79. The number of hydrogen-bond acceptors (Lipinski definition) is 3. The van der Waals surface area contributed by atoms with Crippen molar-refractivity contribution in [3.8, 4) is 17.6 Å². The second-order valence-corrected chi connectivity index (χ2v) is 4.47. The van der Waals surface area contributed by atoms with E-state index in [0.717, 1.165) is 28.9 Å². The SMILES string of the molecule is CC#CCOc1c(Br)cccc1CNCCOC. The van der Waals surface area contributed by atoms with Crippen molar-refractivity contribution in [3.05, 3.63) is 28.2 Å². The molecule has 1 aromatic rings. The first-order valence-corrected chi connectivity index (χ1v) is 6.58. The van der Waals surface area contributed by atoms with Gasteiger partial charge in [0.05, 0.1) is 11.1 Å². The quantitative estimate of drug-likeness (QED) is 0.620. The lowest BCUT2D eigenvalue weighted by molar-refractivity contribution is 0.199. The Balaban J connectivity index is 2.63. The molecule has 0 heterocycles. The van der Waals surface area contributed by atoms with Gasteiger partial charge in [0.25, 0.3) is 0 Å². The molecule has 98 valence electrons. The molecule has 0 saturated heterocycles. The molecule has 0 bridgehead atoms. The minimum atomic E-state index is 0.407. The van der Waals surface area contributed by atoms with E-state index in [1.807, 2.05) is 18.2 Å². The van der Waals surface area contributed by atoms with Crippen LogP contribution in [0, 0.1) is 11.8 Å². The van der Waals surface area contributed by atoms with Crippen molar-refractivity contribution in [3.63, 3.8) is 0 Å². The van der Waals surface area contributed by atoms with Gasteiger partial charge in [0.15, 0.2) is 0 Å². The molecule has 0 spiro atoms. The van der Waals surface area contributed by atoms with E-state index in [0.29, 0.717) is 13.2 Å². The maximum absolute atomic E-state index is 5.67. The zero-order valence-corrected chi connectivity index (χ0v) is 12.3. The molecule has 0 aliphatic carbocycles. The van der Waals surface area contributed by atoms with Crippen molar-refractivity contribution < 1.29 is 9.47 Å². The smallest absolute Gasteiger partial charge is 0.149 e. The molecule has 0 saturated carbocycles. The van der Waals surface area contributed by atoms with Crippen LogP contribution in [0.5, 0.6) is 5.75 Å². The van der Waals surface area contributed by atoms with Gasteiger partial charge in [-0.1, -0.05) is 18.1 Å². The average Bonchev–Trinajstić information content (AvgIpc) is 2.37. The molecule has 0 aliphatic heterocycles. The van der Waals surface area contributed by atoms with Crippen LogP contribution >= 0.6 is 15.9 Å². The summed E-state index contributed by atoms with van der Waals surface area (Å²) in [5.74, 6) is 6.56. The Morgan fingerprint density at radius 1 is 1.39 bits per heavy atom. The van der Waals surface area contributed by atoms with Gasteiger partial charge in [0.1, 0.15) is 12.4 Å². The number of para-hydroxylation sites is 1. The van der Waals surface area contributed by atoms with E-state index >= 15 is 0 Å². The zero-order valence-electron chi connectivity index (χ0n) is 10.8. The predicted molar refractivity (Wildman–Crippen MR) is 76.7 cm³/mol. The summed E-state index contributed by atoms with van der Waals surface area (Å²) in [6.45, 7) is 4.47. The lowest BCUT2D eigenvalue weighted by Crippen LogP contribution is -2.19. The number of nitrogens with one attached hydrogen (secondary N) is 1. The molecule has 0 unspecified atom stereocenters. The number of benzene rings is 1. The van der Waals surface area contributed by atoms with Crippen LogP contribution in [0.25, 0.3) is 0 Å². The average molecular weight is 312 g/mol. The first-order valence-electron chi connectivity index (χ1n) is 5.79. The highest BCUT2D eigenvalue weighted by Crippen LogP contribution is 2.28. The highest BCUT2D eigenvalue weighted by Gasteiger charge is 2.07. The Kier molecular flexibility index (Phi) is 7.51. The third-order valence-electron chi connectivity index (χ3n) is 2.31. The molecule has 0 fully saturated rings. The fraction of sp³-hybridized carbons (Fsp3) is 0.429. The maximum atomic E-state index is 5.67. The minimum Gasteiger partial charge on any atom is -0.479 e. The summed E-state index contributed by atoms with van der Waals surface area (Å²) < 4.78 is 11.6. The van der Waals surface area contributed by atoms with E-state index in [-0.39, 0.29) is 0 Å². The van der Waals surface area contributed by atoms with Crippen molar-refractivity contribution in [1.82, 2.24) is 5.32 Å². The number of rotatable bonds is 7. The Hall–Kier alpha value is -1.02. The number of halogens is 1. The number of hydrogen-bond donors (Lipinski definition) is 1. The summed E-state index contributed by atoms with van der Waals surface area (Å²) in [5.41, 5.74) is 1.11. The van der Waals surface area contributed by atoms with Gasteiger partial charge >= 0.3 is 0 Å². The largest absolute Gasteiger partial charge is 0.479 e. The van der Waals surface area contributed by atoms with Crippen LogP contribution < -0.4 is 10.1 Å². The normalized spacial score (nSPS) is 9.72.